The molecule has 1 unspecified atom stereocenters. The minimum absolute atomic E-state index is 0.642. The van der Waals surface area contributed by atoms with Gasteiger partial charge in [0.25, 0.3) is 0 Å². The first-order valence-electron chi connectivity index (χ1n) is 6.70. The summed E-state index contributed by atoms with van der Waals surface area (Å²) in [6.07, 6.45) is 5.83. The zero-order chi connectivity index (χ0) is 10.7. The highest BCUT2D eigenvalue weighted by Gasteiger charge is 2.27. The molecular formula is C13H26N2. The maximum atomic E-state index is 3.58. The van der Waals surface area contributed by atoms with Crippen LogP contribution in [-0.2, 0) is 0 Å². The Morgan fingerprint density at radius 2 is 2.00 bits per heavy atom. The van der Waals surface area contributed by atoms with Gasteiger partial charge >= 0.3 is 0 Å². The van der Waals surface area contributed by atoms with Gasteiger partial charge < -0.3 is 10.2 Å². The van der Waals surface area contributed by atoms with Crippen LogP contribution in [0.1, 0.15) is 39.5 Å². The van der Waals surface area contributed by atoms with E-state index in [1.807, 2.05) is 0 Å². The van der Waals surface area contributed by atoms with Crippen molar-refractivity contribution in [1.29, 1.82) is 0 Å². The highest BCUT2D eigenvalue weighted by Crippen LogP contribution is 2.31. The number of rotatable bonds is 5. The Balaban J connectivity index is 1.66. The fourth-order valence-corrected chi connectivity index (χ4v) is 2.55. The van der Waals surface area contributed by atoms with E-state index in [0.717, 1.165) is 11.8 Å². The van der Waals surface area contributed by atoms with Gasteiger partial charge in [-0.1, -0.05) is 13.8 Å². The molecule has 2 rings (SSSR count). The molecule has 1 saturated carbocycles. The molecule has 2 heteroatoms. The lowest BCUT2D eigenvalue weighted by Gasteiger charge is -2.33. The molecule has 0 spiro atoms. The third kappa shape index (κ3) is 4.12. The largest absolute Gasteiger partial charge is 0.314 e. The van der Waals surface area contributed by atoms with Crippen LogP contribution in [0.5, 0.6) is 0 Å². The molecule has 0 bridgehead atoms. The van der Waals surface area contributed by atoms with Gasteiger partial charge in [0.1, 0.15) is 0 Å². The second kappa shape index (κ2) is 5.31. The zero-order valence-electron chi connectivity index (χ0n) is 10.3. The second-order valence-corrected chi connectivity index (χ2v) is 5.77. The summed E-state index contributed by atoms with van der Waals surface area (Å²) in [7, 11) is 0. The smallest absolute Gasteiger partial charge is 0.00219 e. The van der Waals surface area contributed by atoms with E-state index in [1.54, 1.807) is 0 Å². The van der Waals surface area contributed by atoms with Crippen molar-refractivity contribution in [2.24, 2.45) is 11.8 Å². The molecule has 1 N–H and O–H groups in total. The molecular weight excluding hydrogens is 184 g/mol. The standard InChI is InChI=1S/C13H26N2/c1-11(2)14-8-13-4-3-7-15(10-13)9-12-5-6-12/h11-14H,3-10H2,1-2H3. The quantitative estimate of drug-likeness (QED) is 0.747. The van der Waals surface area contributed by atoms with Crippen LogP contribution < -0.4 is 5.32 Å². The van der Waals surface area contributed by atoms with Crippen molar-refractivity contribution < 1.29 is 0 Å². The monoisotopic (exact) mass is 210 g/mol. The van der Waals surface area contributed by atoms with Crippen LogP contribution in [0.2, 0.25) is 0 Å². The van der Waals surface area contributed by atoms with Gasteiger partial charge in [0, 0.05) is 19.1 Å². The number of likely N-dealkylation sites (tertiary alicyclic amines) is 1. The van der Waals surface area contributed by atoms with Gasteiger partial charge in [-0.25, -0.2) is 0 Å². The van der Waals surface area contributed by atoms with Crippen LogP contribution in [0.25, 0.3) is 0 Å². The van der Waals surface area contributed by atoms with E-state index < -0.39 is 0 Å². The first-order valence-corrected chi connectivity index (χ1v) is 6.70. The summed E-state index contributed by atoms with van der Waals surface area (Å²) >= 11 is 0. The van der Waals surface area contributed by atoms with Crippen molar-refractivity contribution in [3.63, 3.8) is 0 Å². The van der Waals surface area contributed by atoms with Crippen LogP contribution in [0.15, 0.2) is 0 Å². The number of hydrogen-bond donors (Lipinski definition) is 1. The Morgan fingerprint density at radius 3 is 2.67 bits per heavy atom. The predicted octanol–water partition coefficient (Wildman–Crippen LogP) is 2.11. The van der Waals surface area contributed by atoms with Crippen LogP contribution in [0.4, 0.5) is 0 Å². The third-order valence-corrected chi connectivity index (χ3v) is 3.63. The Bertz CT molecular complexity index is 187. The highest BCUT2D eigenvalue weighted by molar-refractivity contribution is 4.81. The van der Waals surface area contributed by atoms with Crippen molar-refractivity contribution in [1.82, 2.24) is 10.2 Å². The van der Waals surface area contributed by atoms with Crippen molar-refractivity contribution in [2.45, 2.75) is 45.6 Å². The van der Waals surface area contributed by atoms with Crippen molar-refractivity contribution in [3.05, 3.63) is 0 Å². The molecule has 0 amide bonds. The van der Waals surface area contributed by atoms with Crippen molar-refractivity contribution in [2.75, 3.05) is 26.2 Å². The summed E-state index contributed by atoms with van der Waals surface area (Å²) in [6, 6.07) is 0.642. The lowest BCUT2D eigenvalue weighted by molar-refractivity contribution is 0.165. The summed E-state index contributed by atoms with van der Waals surface area (Å²) in [5.74, 6) is 1.96. The van der Waals surface area contributed by atoms with Gasteiger partial charge in [-0.15, -0.1) is 0 Å². The lowest BCUT2D eigenvalue weighted by atomic mass is 9.97. The fourth-order valence-electron chi connectivity index (χ4n) is 2.55. The molecule has 0 aromatic rings. The number of nitrogens with zero attached hydrogens (tertiary/aromatic N) is 1. The zero-order valence-corrected chi connectivity index (χ0v) is 10.3. The predicted molar refractivity (Wildman–Crippen MR) is 65.0 cm³/mol. The maximum Gasteiger partial charge on any atom is 0.00219 e. The van der Waals surface area contributed by atoms with Crippen LogP contribution >= 0.6 is 0 Å². The molecule has 1 aliphatic carbocycles. The normalized spacial score (nSPS) is 28.6. The summed E-state index contributed by atoms with van der Waals surface area (Å²) in [4.78, 5) is 2.70. The summed E-state index contributed by atoms with van der Waals surface area (Å²) < 4.78 is 0. The van der Waals surface area contributed by atoms with Crippen molar-refractivity contribution >= 4 is 0 Å². The van der Waals surface area contributed by atoms with E-state index in [-0.39, 0.29) is 0 Å². The minimum atomic E-state index is 0.642. The number of nitrogens with one attached hydrogen (secondary N) is 1. The average molecular weight is 210 g/mol. The molecule has 2 nitrogen and oxygen atoms in total. The van der Waals surface area contributed by atoms with Gasteiger partial charge in [0.2, 0.25) is 0 Å². The maximum absolute atomic E-state index is 3.58. The van der Waals surface area contributed by atoms with Gasteiger partial charge in [-0.2, -0.15) is 0 Å². The molecule has 0 radical (unpaired) electrons. The minimum Gasteiger partial charge on any atom is -0.314 e. The van der Waals surface area contributed by atoms with Gasteiger partial charge in [-0.05, 0) is 50.6 Å². The molecule has 2 aliphatic rings. The SMILES string of the molecule is CC(C)NCC1CCCN(CC2CC2)C1. The topological polar surface area (TPSA) is 15.3 Å². The highest BCUT2D eigenvalue weighted by atomic mass is 15.1. The Labute approximate surface area is 94.4 Å². The molecule has 15 heavy (non-hydrogen) atoms. The van der Waals surface area contributed by atoms with Gasteiger partial charge in [0.05, 0.1) is 0 Å². The van der Waals surface area contributed by atoms with Crippen LogP contribution in [0, 0.1) is 11.8 Å². The molecule has 1 heterocycles. The lowest BCUT2D eigenvalue weighted by Crippen LogP contribution is -2.41. The van der Waals surface area contributed by atoms with E-state index in [9.17, 15) is 0 Å². The molecule has 0 aromatic carbocycles. The van der Waals surface area contributed by atoms with E-state index >= 15 is 0 Å². The second-order valence-electron chi connectivity index (χ2n) is 5.77. The molecule has 0 aromatic heterocycles. The van der Waals surface area contributed by atoms with E-state index in [2.05, 4.69) is 24.1 Å². The number of hydrogen-bond acceptors (Lipinski definition) is 2. The van der Waals surface area contributed by atoms with Gasteiger partial charge in [-0.3, -0.25) is 0 Å². The molecule has 88 valence electrons. The van der Waals surface area contributed by atoms with E-state index in [0.29, 0.717) is 6.04 Å². The van der Waals surface area contributed by atoms with E-state index in [4.69, 9.17) is 0 Å². The first-order chi connectivity index (χ1) is 7.24. The Kier molecular flexibility index (Phi) is 4.04. The van der Waals surface area contributed by atoms with Crippen LogP contribution in [-0.4, -0.2) is 37.1 Å². The third-order valence-electron chi connectivity index (χ3n) is 3.63. The molecule has 1 atom stereocenters. The summed E-state index contributed by atoms with van der Waals surface area (Å²) in [5.41, 5.74) is 0. The summed E-state index contributed by atoms with van der Waals surface area (Å²) in [6.45, 7) is 9.79. The molecule has 2 fully saturated rings. The van der Waals surface area contributed by atoms with Crippen molar-refractivity contribution in [3.8, 4) is 0 Å². The Morgan fingerprint density at radius 1 is 1.20 bits per heavy atom. The number of piperidine rings is 1. The fraction of sp³-hybridized carbons (Fsp3) is 1.00. The molecule has 1 saturated heterocycles. The average Bonchev–Trinajstić information content (AvgIpc) is 2.99. The Hall–Kier alpha value is -0.0800. The molecule has 1 aliphatic heterocycles. The first kappa shape index (κ1) is 11.4. The summed E-state index contributed by atoms with van der Waals surface area (Å²) in [5, 5.41) is 3.58. The van der Waals surface area contributed by atoms with E-state index in [1.165, 1.54) is 51.9 Å². The van der Waals surface area contributed by atoms with Gasteiger partial charge in [0.15, 0.2) is 0 Å². The van der Waals surface area contributed by atoms with Crippen LogP contribution in [0.3, 0.4) is 0 Å².